The third-order valence-corrected chi connectivity index (χ3v) is 3.70. The highest BCUT2D eigenvalue weighted by molar-refractivity contribution is 5.99. The van der Waals surface area contributed by atoms with Gasteiger partial charge in [0.15, 0.2) is 5.78 Å². The molecule has 0 aliphatic heterocycles. The summed E-state index contributed by atoms with van der Waals surface area (Å²) in [6, 6.07) is 7.89. The van der Waals surface area contributed by atoms with Crippen LogP contribution in [0.25, 0.3) is 5.82 Å². The lowest BCUT2D eigenvalue weighted by Gasteiger charge is -2.29. The van der Waals surface area contributed by atoms with Crippen molar-refractivity contribution in [2.75, 3.05) is 0 Å². The van der Waals surface area contributed by atoms with E-state index in [0.29, 0.717) is 6.42 Å². The van der Waals surface area contributed by atoms with Gasteiger partial charge in [-0.05, 0) is 37.0 Å². The van der Waals surface area contributed by atoms with Crippen LogP contribution in [0.5, 0.6) is 0 Å². The van der Waals surface area contributed by atoms with Crippen LogP contribution in [0.2, 0.25) is 0 Å². The molecule has 1 aliphatic carbocycles. The van der Waals surface area contributed by atoms with Gasteiger partial charge in [0.05, 0.1) is 0 Å². The van der Waals surface area contributed by atoms with Crippen LogP contribution in [0.4, 0.5) is 0 Å². The summed E-state index contributed by atoms with van der Waals surface area (Å²) in [5, 5.41) is 0. The smallest absolute Gasteiger partial charge is 0.165 e. The van der Waals surface area contributed by atoms with Crippen molar-refractivity contribution in [2.24, 2.45) is 5.41 Å². The van der Waals surface area contributed by atoms with Crippen LogP contribution in [0, 0.1) is 12.3 Å². The van der Waals surface area contributed by atoms with Crippen molar-refractivity contribution in [1.29, 1.82) is 0 Å². The van der Waals surface area contributed by atoms with E-state index < -0.39 is 0 Å². The zero-order chi connectivity index (χ0) is 13.6. The van der Waals surface area contributed by atoms with Crippen molar-refractivity contribution in [3.63, 3.8) is 0 Å². The Kier molecular flexibility index (Phi) is 2.59. The number of fused-ring (bicyclic) bond motifs is 1. The first kappa shape index (κ1) is 12.2. The fourth-order valence-electron chi connectivity index (χ4n) is 2.82. The Labute approximate surface area is 113 Å². The number of aromatic nitrogens is 2. The van der Waals surface area contributed by atoms with Gasteiger partial charge in [-0.3, -0.25) is 4.79 Å². The summed E-state index contributed by atoms with van der Waals surface area (Å²) in [5.41, 5.74) is 2.98. The molecular formula is C16H18N2O. The van der Waals surface area contributed by atoms with E-state index in [0.717, 1.165) is 29.2 Å². The highest BCUT2D eigenvalue weighted by Gasteiger charge is 2.33. The SMILES string of the molecule is Cc1cccc(-n2ccc3c2CC(C)(C)CC3=O)n1. The molecule has 0 amide bonds. The van der Waals surface area contributed by atoms with Gasteiger partial charge in [-0.2, -0.15) is 0 Å². The molecule has 0 radical (unpaired) electrons. The maximum atomic E-state index is 12.2. The van der Waals surface area contributed by atoms with Crippen molar-refractivity contribution in [1.82, 2.24) is 9.55 Å². The monoisotopic (exact) mass is 254 g/mol. The Morgan fingerprint density at radius 1 is 1.21 bits per heavy atom. The third-order valence-electron chi connectivity index (χ3n) is 3.70. The number of rotatable bonds is 1. The highest BCUT2D eigenvalue weighted by Crippen LogP contribution is 2.35. The van der Waals surface area contributed by atoms with Gasteiger partial charge in [0.1, 0.15) is 5.82 Å². The summed E-state index contributed by atoms with van der Waals surface area (Å²) >= 11 is 0. The van der Waals surface area contributed by atoms with Crippen LogP contribution in [-0.4, -0.2) is 15.3 Å². The van der Waals surface area contributed by atoms with Crippen LogP contribution >= 0.6 is 0 Å². The second-order valence-electron chi connectivity index (χ2n) is 6.12. The molecule has 0 unspecified atom stereocenters. The second kappa shape index (κ2) is 4.05. The first-order chi connectivity index (χ1) is 8.96. The molecule has 0 atom stereocenters. The van der Waals surface area contributed by atoms with Gasteiger partial charge in [0.25, 0.3) is 0 Å². The van der Waals surface area contributed by atoms with Gasteiger partial charge in [-0.15, -0.1) is 0 Å². The van der Waals surface area contributed by atoms with Crippen molar-refractivity contribution < 1.29 is 4.79 Å². The number of aryl methyl sites for hydroxylation is 1. The summed E-state index contributed by atoms with van der Waals surface area (Å²) in [5.74, 6) is 1.14. The van der Waals surface area contributed by atoms with E-state index in [-0.39, 0.29) is 11.2 Å². The molecule has 0 spiro atoms. The molecule has 3 rings (SSSR count). The van der Waals surface area contributed by atoms with Gasteiger partial charge in [0, 0.05) is 29.6 Å². The second-order valence-corrected chi connectivity index (χ2v) is 6.12. The minimum absolute atomic E-state index is 0.0318. The molecule has 0 saturated heterocycles. The number of pyridine rings is 1. The van der Waals surface area contributed by atoms with Crippen molar-refractivity contribution >= 4 is 5.78 Å². The normalized spacial score (nSPS) is 17.3. The Morgan fingerprint density at radius 3 is 2.74 bits per heavy atom. The molecule has 19 heavy (non-hydrogen) atoms. The largest absolute Gasteiger partial charge is 0.305 e. The molecule has 2 aromatic rings. The molecule has 2 heterocycles. The van der Waals surface area contributed by atoms with Crippen LogP contribution in [0.3, 0.4) is 0 Å². The number of nitrogens with zero attached hydrogens (tertiary/aromatic N) is 2. The molecule has 0 fully saturated rings. The van der Waals surface area contributed by atoms with Gasteiger partial charge in [0.2, 0.25) is 0 Å². The average molecular weight is 254 g/mol. The Bertz CT molecular complexity index is 653. The molecule has 3 heteroatoms. The van der Waals surface area contributed by atoms with Crippen LogP contribution in [0.1, 0.15) is 42.0 Å². The number of Topliss-reactive ketones (excluding diaryl/α,β-unsaturated/α-hetero) is 1. The zero-order valence-corrected chi connectivity index (χ0v) is 11.6. The third kappa shape index (κ3) is 2.09. The Balaban J connectivity index is 2.14. The summed E-state index contributed by atoms with van der Waals surface area (Å²) in [6.45, 7) is 6.28. The van der Waals surface area contributed by atoms with E-state index in [1.807, 2.05) is 37.4 Å². The highest BCUT2D eigenvalue weighted by atomic mass is 16.1. The van der Waals surface area contributed by atoms with Crippen LogP contribution in [-0.2, 0) is 6.42 Å². The zero-order valence-electron chi connectivity index (χ0n) is 11.6. The average Bonchev–Trinajstić information content (AvgIpc) is 2.71. The fraction of sp³-hybridized carbons (Fsp3) is 0.375. The topological polar surface area (TPSA) is 34.9 Å². The molecule has 0 N–H and O–H groups in total. The van der Waals surface area contributed by atoms with Gasteiger partial charge in [-0.1, -0.05) is 19.9 Å². The van der Waals surface area contributed by atoms with E-state index in [2.05, 4.69) is 23.4 Å². The molecule has 2 aromatic heterocycles. The van der Waals surface area contributed by atoms with Crippen molar-refractivity contribution in [3.05, 3.63) is 47.4 Å². The predicted octanol–water partition coefficient (Wildman–Crippen LogP) is 3.34. The van der Waals surface area contributed by atoms with Crippen molar-refractivity contribution in [3.8, 4) is 5.82 Å². The lowest BCUT2D eigenvalue weighted by atomic mass is 9.76. The molecule has 0 bridgehead atoms. The van der Waals surface area contributed by atoms with E-state index in [1.165, 1.54) is 0 Å². The maximum Gasteiger partial charge on any atom is 0.165 e. The number of carbonyl (C=O) groups is 1. The number of carbonyl (C=O) groups excluding carboxylic acids is 1. The first-order valence-corrected chi connectivity index (χ1v) is 6.64. The molecule has 98 valence electrons. The van der Waals surface area contributed by atoms with Crippen LogP contribution < -0.4 is 0 Å². The maximum absolute atomic E-state index is 12.2. The summed E-state index contributed by atoms with van der Waals surface area (Å²) in [6.07, 6.45) is 3.51. The lowest BCUT2D eigenvalue weighted by molar-refractivity contribution is 0.0911. The minimum atomic E-state index is 0.0318. The molecule has 0 aromatic carbocycles. The predicted molar refractivity (Wildman–Crippen MR) is 74.7 cm³/mol. The number of hydrogen-bond donors (Lipinski definition) is 0. The quantitative estimate of drug-likeness (QED) is 0.782. The first-order valence-electron chi connectivity index (χ1n) is 6.64. The summed E-state index contributed by atoms with van der Waals surface area (Å²) in [7, 11) is 0. The Hall–Kier alpha value is -1.90. The molecule has 0 saturated carbocycles. The van der Waals surface area contributed by atoms with E-state index >= 15 is 0 Å². The minimum Gasteiger partial charge on any atom is -0.305 e. The van der Waals surface area contributed by atoms with Crippen molar-refractivity contribution in [2.45, 2.75) is 33.6 Å². The Morgan fingerprint density at radius 2 is 2.00 bits per heavy atom. The van der Waals surface area contributed by atoms with E-state index in [1.54, 1.807) is 0 Å². The fourth-order valence-corrected chi connectivity index (χ4v) is 2.82. The summed E-state index contributed by atoms with van der Waals surface area (Å²) in [4.78, 5) is 16.7. The van der Waals surface area contributed by atoms with E-state index in [4.69, 9.17) is 0 Å². The van der Waals surface area contributed by atoms with E-state index in [9.17, 15) is 4.79 Å². The van der Waals surface area contributed by atoms with Crippen LogP contribution in [0.15, 0.2) is 30.5 Å². The summed E-state index contributed by atoms with van der Waals surface area (Å²) < 4.78 is 2.06. The number of ketones is 1. The molecule has 1 aliphatic rings. The van der Waals surface area contributed by atoms with Gasteiger partial charge in [-0.25, -0.2) is 4.98 Å². The van der Waals surface area contributed by atoms with Gasteiger partial charge >= 0.3 is 0 Å². The molecular weight excluding hydrogens is 236 g/mol. The van der Waals surface area contributed by atoms with Gasteiger partial charge < -0.3 is 4.57 Å². The standard InChI is InChI=1S/C16H18N2O/c1-11-5-4-6-15(17-11)18-8-7-12-13(18)9-16(2,3)10-14(12)19/h4-8H,9-10H2,1-3H3. The number of hydrogen-bond acceptors (Lipinski definition) is 2. The molecule has 3 nitrogen and oxygen atoms in total. The lowest BCUT2D eigenvalue weighted by Crippen LogP contribution is -2.27.